The maximum Gasteiger partial charge on any atom is 0.225 e. The Morgan fingerprint density at radius 3 is 3.00 bits per heavy atom. The zero-order valence-corrected chi connectivity index (χ0v) is 15.9. The maximum atomic E-state index is 13.6. The molecule has 27 heavy (non-hydrogen) atoms. The zero-order chi connectivity index (χ0) is 19.2. The summed E-state index contributed by atoms with van der Waals surface area (Å²) in [4.78, 5) is 14.6. The van der Waals surface area contributed by atoms with E-state index in [-0.39, 0.29) is 17.8 Å². The van der Waals surface area contributed by atoms with Crippen molar-refractivity contribution in [2.45, 2.75) is 12.5 Å². The molecule has 1 fully saturated rings. The van der Waals surface area contributed by atoms with E-state index in [1.165, 1.54) is 6.07 Å². The summed E-state index contributed by atoms with van der Waals surface area (Å²) in [5, 5.41) is 6.72. The summed E-state index contributed by atoms with van der Waals surface area (Å²) in [6, 6.07) is 11.8. The van der Waals surface area contributed by atoms with Crippen LogP contribution in [0.2, 0.25) is 5.02 Å². The molecule has 0 bridgehead atoms. The molecule has 0 aromatic heterocycles. The predicted molar refractivity (Wildman–Crippen MR) is 105 cm³/mol. The highest BCUT2D eigenvalue weighted by atomic mass is 35.5. The molecular weight excluding hydrogens is 369 g/mol. The number of ether oxygens (including phenoxy) is 1. The van der Waals surface area contributed by atoms with E-state index in [4.69, 9.17) is 16.3 Å². The Labute approximate surface area is 163 Å². The van der Waals surface area contributed by atoms with E-state index >= 15 is 0 Å². The lowest BCUT2D eigenvalue weighted by Gasteiger charge is -2.36. The van der Waals surface area contributed by atoms with Crippen LogP contribution in [0, 0.1) is 5.82 Å². The largest absolute Gasteiger partial charge is 0.495 e. The zero-order valence-electron chi connectivity index (χ0n) is 15.2. The number of amides is 1. The Balaban J connectivity index is 1.62. The van der Waals surface area contributed by atoms with Crippen LogP contribution in [-0.2, 0) is 4.79 Å². The molecule has 1 amide bonds. The lowest BCUT2D eigenvalue weighted by atomic mass is 10.0. The van der Waals surface area contributed by atoms with Gasteiger partial charge >= 0.3 is 0 Å². The Hall–Kier alpha value is -2.15. The molecule has 0 aliphatic carbocycles. The third-order valence-corrected chi connectivity index (χ3v) is 4.88. The van der Waals surface area contributed by atoms with Crippen LogP contribution in [-0.4, -0.2) is 44.1 Å². The average Bonchev–Trinajstić information content (AvgIpc) is 2.67. The first-order chi connectivity index (χ1) is 13.1. The minimum absolute atomic E-state index is 0.0444. The fourth-order valence-corrected chi connectivity index (χ4v) is 3.46. The number of hydrogen-bond donors (Lipinski definition) is 2. The smallest absolute Gasteiger partial charge is 0.225 e. The number of rotatable bonds is 6. The van der Waals surface area contributed by atoms with E-state index in [0.717, 1.165) is 25.2 Å². The fraction of sp³-hybridized carbons (Fsp3) is 0.350. The standard InChI is InChI=1S/C20H23ClFN3O2/c1-27-19-6-5-15(21)12-17(19)24-20(26)7-9-25-10-8-23-13-18(25)14-3-2-4-16(22)11-14/h2-6,11-12,18,23H,7-10,13H2,1H3,(H,24,26). The maximum absolute atomic E-state index is 13.6. The summed E-state index contributed by atoms with van der Waals surface area (Å²) < 4.78 is 18.8. The second kappa shape index (κ2) is 9.17. The van der Waals surface area contributed by atoms with Crippen molar-refractivity contribution in [1.82, 2.24) is 10.2 Å². The number of hydrogen-bond acceptors (Lipinski definition) is 4. The number of piperazine rings is 1. The highest BCUT2D eigenvalue weighted by Crippen LogP contribution is 2.28. The van der Waals surface area contributed by atoms with Gasteiger partial charge in [0.05, 0.1) is 12.8 Å². The van der Waals surface area contributed by atoms with E-state index in [9.17, 15) is 9.18 Å². The Kier molecular flexibility index (Phi) is 6.66. The summed E-state index contributed by atoms with van der Waals surface area (Å²) in [5.74, 6) is 0.198. The lowest BCUT2D eigenvalue weighted by molar-refractivity contribution is -0.116. The summed E-state index contributed by atoms with van der Waals surface area (Å²) in [6.45, 7) is 2.95. The number of nitrogens with one attached hydrogen (secondary N) is 2. The monoisotopic (exact) mass is 391 g/mol. The van der Waals surface area contributed by atoms with Gasteiger partial charge in [-0.2, -0.15) is 0 Å². The number of nitrogens with zero attached hydrogens (tertiary/aromatic N) is 1. The minimum Gasteiger partial charge on any atom is -0.495 e. The van der Waals surface area contributed by atoms with Crippen molar-refractivity contribution in [3.63, 3.8) is 0 Å². The third kappa shape index (κ3) is 5.19. The molecule has 5 nitrogen and oxygen atoms in total. The second-order valence-corrected chi connectivity index (χ2v) is 6.89. The topological polar surface area (TPSA) is 53.6 Å². The highest BCUT2D eigenvalue weighted by Gasteiger charge is 2.24. The first-order valence-corrected chi connectivity index (χ1v) is 9.28. The van der Waals surface area contributed by atoms with Crippen molar-refractivity contribution in [3.05, 3.63) is 58.9 Å². The molecule has 7 heteroatoms. The summed E-state index contributed by atoms with van der Waals surface area (Å²) >= 11 is 6.00. The number of halogens is 2. The van der Waals surface area contributed by atoms with Crippen molar-refractivity contribution in [3.8, 4) is 5.75 Å². The van der Waals surface area contributed by atoms with Gasteiger partial charge in [0, 0.05) is 43.7 Å². The van der Waals surface area contributed by atoms with Crippen molar-refractivity contribution in [2.24, 2.45) is 0 Å². The predicted octanol–water partition coefficient (Wildman–Crippen LogP) is 3.46. The molecule has 3 rings (SSSR count). The molecule has 1 unspecified atom stereocenters. The number of benzene rings is 2. The van der Waals surface area contributed by atoms with Crippen LogP contribution >= 0.6 is 11.6 Å². The number of carbonyl (C=O) groups is 1. The molecule has 1 atom stereocenters. The van der Waals surface area contributed by atoms with Crippen LogP contribution in [0.5, 0.6) is 5.75 Å². The quantitative estimate of drug-likeness (QED) is 0.791. The van der Waals surface area contributed by atoms with Gasteiger partial charge in [-0.25, -0.2) is 4.39 Å². The van der Waals surface area contributed by atoms with Gasteiger partial charge < -0.3 is 15.4 Å². The number of carbonyl (C=O) groups excluding carboxylic acids is 1. The van der Waals surface area contributed by atoms with Gasteiger partial charge in [0.1, 0.15) is 11.6 Å². The molecule has 2 aromatic carbocycles. The van der Waals surface area contributed by atoms with Gasteiger partial charge in [0.2, 0.25) is 5.91 Å². The van der Waals surface area contributed by atoms with Gasteiger partial charge in [0.15, 0.2) is 0 Å². The molecule has 2 N–H and O–H groups in total. The first-order valence-electron chi connectivity index (χ1n) is 8.90. The molecule has 2 aromatic rings. The van der Waals surface area contributed by atoms with Crippen LogP contribution in [0.3, 0.4) is 0 Å². The molecule has 0 spiro atoms. The Morgan fingerprint density at radius 2 is 2.22 bits per heavy atom. The van der Waals surface area contributed by atoms with Gasteiger partial charge in [0.25, 0.3) is 0 Å². The van der Waals surface area contributed by atoms with E-state index in [1.54, 1.807) is 37.4 Å². The molecule has 1 aliphatic rings. The van der Waals surface area contributed by atoms with E-state index in [2.05, 4.69) is 15.5 Å². The molecule has 0 radical (unpaired) electrons. The number of anilines is 1. The summed E-state index contributed by atoms with van der Waals surface area (Å²) in [6.07, 6.45) is 0.321. The van der Waals surface area contributed by atoms with Crippen LogP contribution in [0.4, 0.5) is 10.1 Å². The molecule has 144 valence electrons. The van der Waals surface area contributed by atoms with E-state index < -0.39 is 0 Å². The molecule has 1 aliphatic heterocycles. The van der Waals surface area contributed by atoms with Gasteiger partial charge in [-0.1, -0.05) is 23.7 Å². The molecule has 0 saturated carbocycles. The lowest BCUT2D eigenvalue weighted by Crippen LogP contribution is -2.46. The second-order valence-electron chi connectivity index (χ2n) is 6.45. The van der Waals surface area contributed by atoms with Gasteiger partial charge in [-0.05, 0) is 35.9 Å². The van der Waals surface area contributed by atoms with Gasteiger partial charge in [-0.3, -0.25) is 9.69 Å². The fourth-order valence-electron chi connectivity index (χ4n) is 3.29. The highest BCUT2D eigenvalue weighted by molar-refractivity contribution is 6.31. The van der Waals surface area contributed by atoms with Crippen LogP contribution < -0.4 is 15.4 Å². The van der Waals surface area contributed by atoms with Crippen LogP contribution in [0.1, 0.15) is 18.0 Å². The van der Waals surface area contributed by atoms with Crippen molar-refractivity contribution in [1.29, 1.82) is 0 Å². The van der Waals surface area contributed by atoms with E-state index in [0.29, 0.717) is 29.4 Å². The normalized spacial score (nSPS) is 17.5. The van der Waals surface area contributed by atoms with Crippen LogP contribution in [0.25, 0.3) is 0 Å². The number of methoxy groups -OCH3 is 1. The van der Waals surface area contributed by atoms with Crippen LogP contribution in [0.15, 0.2) is 42.5 Å². The Morgan fingerprint density at radius 1 is 1.37 bits per heavy atom. The summed E-state index contributed by atoms with van der Waals surface area (Å²) in [7, 11) is 1.54. The molecule has 1 saturated heterocycles. The molecular formula is C20H23ClFN3O2. The van der Waals surface area contributed by atoms with Crippen molar-refractivity contribution >= 4 is 23.2 Å². The Bertz CT molecular complexity index is 803. The molecule has 1 heterocycles. The van der Waals surface area contributed by atoms with E-state index in [1.807, 2.05) is 6.07 Å². The SMILES string of the molecule is COc1ccc(Cl)cc1NC(=O)CCN1CCNCC1c1cccc(F)c1. The minimum atomic E-state index is -0.246. The van der Waals surface area contributed by atoms with Gasteiger partial charge in [-0.15, -0.1) is 0 Å². The first kappa shape index (κ1) is 19.6. The average molecular weight is 392 g/mol. The van der Waals surface area contributed by atoms with Crippen molar-refractivity contribution < 1.29 is 13.9 Å². The summed E-state index contributed by atoms with van der Waals surface area (Å²) in [5.41, 5.74) is 1.47. The third-order valence-electron chi connectivity index (χ3n) is 4.65. The van der Waals surface area contributed by atoms with Crippen molar-refractivity contribution in [2.75, 3.05) is 38.6 Å².